The van der Waals surface area contributed by atoms with Crippen molar-refractivity contribution in [2.24, 2.45) is 0 Å². The van der Waals surface area contributed by atoms with Gasteiger partial charge in [-0.3, -0.25) is 4.79 Å². The number of hydrogen-bond donors (Lipinski definition) is 1. The second-order valence-electron chi connectivity index (χ2n) is 8.62. The van der Waals surface area contributed by atoms with Gasteiger partial charge in [0.15, 0.2) is 5.78 Å². The maximum atomic E-state index is 13.1. The van der Waals surface area contributed by atoms with Gasteiger partial charge < -0.3 is 15.1 Å². The van der Waals surface area contributed by atoms with Crippen LogP contribution in [0.25, 0.3) is 0 Å². The van der Waals surface area contributed by atoms with Crippen LogP contribution in [0.4, 0.5) is 36.3 Å². The van der Waals surface area contributed by atoms with E-state index in [9.17, 15) is 18.0 Å². The Bertz CT molecular complexity index is 1240. The second-order valence-corrected chi connectivity index (χ2v) is 9.06. The number of Topliss-reactive ketones (excluding diaryl/α,β-unsaturated/α-hetero) is 1. The highest BCUT2D eigenvalue weighted by Gasteiger charge is 2.31. The summed E-state index contributed by atoms with van der Waals surface area (Å²) in [6, 6.07) is 12.5. The van der Waals surface area contributed by atoms with Crippen LogP contribution in [0.2, 0.25) is 5.02 Å². The summed E-state index contributed by atoms with van der Waals surface area (Å²) in [4.78, 5) is 26.1. The predicted molar refractivity (Wildman–Crippen MR) is 130 cm³/mol. The van der Waals surface area contributed by atoms with E-state index < -0.39 is 11.7 Å². The smallest absolute Gasteiger partial charge is 0.368 e. The number of rotatable bonds is 4. The van der Waals surface area contributed by atoms with Gasteiger partial charge >= 0.3 is 6.18 Å². The lowest BCUT2D eigenvalue weighted by molar-refractivity contribution is -0.137. The third-order valence-corrected chi connectivity index (χ3v) is 6.53. The summed E-state index contributed by atoms with van der Waals surface area (Å²) in [7, 11) is 0. The van der Waals surface area contributed by atoms with Crippen molar-refractivity contribution in [3.05, 3.63) is 70.4 Å². The Labute approximate surface area is 205 Å². The number of hydrogen-bond acceptors (Lipinski definition) is 6. The zero-order valence-electron chi connectivity index (χ0n) is 18.8. The molecular weight excluding hydrogens is 479 g/mol. The lowest BCUT2D eigenvalue weighted by atomic mass is 9.95. The molecule has 0 amide bonds. The summed E-state index contributed by atoms with van der Waals surface area (Å²) in [6.07, 6.45) is -2.48. The van der Waals surface area contributed by atoms with E-state index in [2.05, 4.69) is 5.32 Å². The molecule has 2 aromatic carbocycles. The van der Waals surface area contributed by atoms with Crippen LogP contribution >= 0.6 is 11.6 Å². The Hall–Kier alpha value is -3.33. The molecule has 6 nitrogen and oxygen atoms in total. The molecule has 1 N–H and O–H groups in total. The fraction of sp³-hybridized carbons (Fsp3) is 0.320. The first-order chi connectivity index (χ1) is 16.8. The van der Waals surface area contributed by atoms with Gasteiger partial charge in [0.25, 0.3) is 0 Å². The van der Waals surface area contributed by atoms with Gasteiger partial charge in [0, 0.05) is 49.0 Å². The Morgan fingerprint density at radius 1 is 0.914 bits per heavy atom. The number of alkyl halides is 3. The van der Waals surface area contributed by atoms with E-state index in [-0.39, 0.29) is 5.78 Å². The zero-order valence-corrected chi connectivity index (χ0v) is 19.5. The van der Waals surface area contributed by atoms with Crippen molar-refractivity contribution >= 4 is 40.5 Å². The minimum absolute atomic E-state index is 0.0172. The molecule has 3 aromatic rings. The van der Waals surface area contributed by atoms with E-state index in [4.69, 9.17) is 21.6 Å². The Kier molecular flexibility index (Phi) is 6.27. The predicted octanol–water partition coefficient (Wildman–Crippen LogP) is 5.74. The minimum Gasteiger partial charge on any atom is -0.368 e. The number of nitrogens with zero attached hydrogens (tertiary/aromatic N) is 4. The maximum absolute atomic E-state index is 13.1. The molecule has 35 heavy (non-hydrogen) atoms. The number of nitrogens with one attached hydrogen (secondary N) is 1. The van der Waals surface area contributed by atoms with E-state index in [1.165, 1.54) is 12.1 Å². The molecule has 182 valence electrons. The number of halogens is 4. The van der Waals surface area contributed by atoms with Crippen LogP contribution in [0, 0.1) is 0 Å². The zero-order chi connectivity index (χ0) is 24.6. The quantitative estimate of drug-likeness (QED) is 0.492. The average molecular weight is 502 g/mol. The number of fused-ring (bicyclic) bond motifs is 1. The summed E-state index contributed by atoms with van der Waals surface area (Å²) in [5, 5.41) is 3.86. The number of ketones is 1. The highest BCUT2D eigenvalue weighted by atomic mass is 35.5. The normalized spacial score (nSPS) is 16.3. The lowest BCUT2D eigenvalue weighted by Crippen LogP contribution is -2.47. The molecule has 0 spiro atoms. The van der Waals surface area contributed by atoms with Crippen molar-refractivity contribution in [3.8, 4) is 0 Å². The van der Waals surface area contributed by atoms with Crippen LogP contribution in [0.15, 0.2) is 48.5 Å². The Balaban J connectivity index is 1.38. The monoisotopic (exact) mass is 501 g/mol. The van der Waals surface area contributed by atoms with E-state index in [1.54, 1.807) is 18.2 Å². The molecule has 10 heteroatoms. The van der Waals surface area contributed by atoms with Gasteiger partial charge in [0.1, 0.15) is 5.82 Å². The van der Waals surface area contributed by atoms with Gasteiger partial charge in [0.05, 0.1) is 16.8 Å². The molecule has 1 aliphatic carbocycles. The topological polar surface area (TPSA) is 61.4 Å². The fourth-order valence-electron chi connectivity index (χ4n) is 4.45. The first kappa shape index (κ1) is 23.4. The molecule has 0 unspecified atom stereocenters. The molecule has 0 bridgehead atoms. The van der Waals surface area contributed by atoms with Crippen molar-refractivity contribution in [2.45, 2.75) is 25.4 Å². The number of carbonyl (C=O) groups is 1. The number of anilines is 4. The average Bonchev–Trinajstić information content (AvgIpc) is 2.85. The van der Waals surface area contributed by atoms with Crippen molar-refractivity contribution in [3.63, 3.8) is 0 Å². The van der Waals surface area contributed by atoms with Gasteiger partial charge in [-0.15, -0.1) is 0 Å². The van der Waals surface area contributed by atoms with E-state index in [0.29, 0.717) is 67.1 Å². The van der Waals surface area contributed by atoms with E-state index >= 15 is 0 Å². The number of benzene rings is 2. The van der Waals surface area contributed by atoms with Crippen LogP contribution in [0.5, 0.6) is 0 Å². The van der Waals surface area contributed by atoms with Gasteiger partial charge in [-0.05, 0) is 55.3 Å². The van der Waals surface area contributed by atoms with Gasteiger partial charge in [-0.1, -0.05) is 17.7 Å². The van der Waals surface area contributed by atoms with Crippen LogP contribution in [-0.4, -0.2) is 41.9 Å². The molecule has 1 aromatic heterocycles. The maximum Gasteiger partial charge on any atom is 0.416 e. The standard InChI is InChI=1S/C25H23ClF3N5O/c26-17-7-9-18(10-8-17)30-23-22-20(5-2-6-21(22)35)31-24(32-23)34-13-11-33(12-14-34)19-4-1-3-16(15-19)25(27,28)29/h1,3-4,7-10,15H,2,5-6,11-14H2,(H,30,31,32). The van der Waals surface area contributed by atoms with E-state index in [1.807, 2.05) is 21.9 Å². The molecule has 1 fully saturated rings. The molecule has 0 radical (unpaired) electrons. The molecule has 1 aliphatic heterocycles. The summed E-state index contributed by atoms with van der Waals surface area (Å²) >= 11 is 5.99. The fourth-order valence-corrected chi connectivity index (χ4v) is 4.58. The van der Waals surface area contributed by atoms with Gasteiger partial charge in [-0.25, -0.2) is 4.98 Å². The highest BCUT2D eigenvalue weighted by molar-refractivity contribution is 6.30. The first-order valence-electron chi connectivity index (χ1n) is 11.4. The van der Waals surface area contributed by atoms with Crippen molar-refractivity contribution in [1.29, 1.82) is 0 Å². The van der Waals surface area contributed by atoms with Crippen LogP contribution in [0.3, 0.4) is 0 Å². The molecule has 2 heterocycles. The summed E-state index contributed by atoms with van der Waals surface area (Å²) in [5.41, 5.74) is 1.90. The molecular formula is C25H23ClF3N5O. The number of piperazine rings is 1. The largest absolute Gasteiger partial charge is 0.416 e. The van der Waals surface area contributed by atoms with E-state index in [0.717, 1.165) is 23.9 Å². The number of carbonyl (C=O) groups excluding carboxylic acids is 1. The SMILES string of the molecule is O=C1CCCc2nc(N3CCN(c4cccc(C(F)(F)F)c4)CC3)nc(Nc3ccc(Cl)cc3)c21. The van der Waals surface area contributed by atoms with Crippen LogP contribution in [-0.2, 0) is 12.6 Å². The third-order valence-electron chi connectivity index (χ3n) is 6.28. The number of aromatic nitrogens is 2. The molecule has 0 saturated carbocycles. The summed E-state index contributed by atoms with van der Waals surface area (Å²) in [5.74, 6) is 1.000. The van der Waals surface area contributed by atoms with Gasteiger partial charge in [-0.2, -0.15) is 18.2 Å². The molecule has 1 saturated heterocycles. The van der Waals surface area contributed by atoms with Crippen molar-refractivity contribution in [1.82, 2.24) is 9.97 Å². The summed E-state index contributed by atoms with van der Waals surface area (Å²) < 4.78 is 39.4. The minimum atomic E-state index is -4.38. The first-order valence-corrected chi connectivity index (χ1v) is 11.8. The molecule has 0 atom stereocenters. The Morgan fingerprint density at radius 2 is 1.63 bits per heavy atom. The van der Waals surface area contributed by atoms with Crippen LogP contribution < -0.4 is 15.1 Å². The van der Waals surface area contributed by atoms with Gasteiger partial charge in [0.2, 0.25) is 5.95 Å². The van der Waals surface area contributed by atoms with Crippen LogP contribution in [0.1, 0.15) is 34.5 Å². The Morgan fingerprint density at radius 3 is 2.34 bits per heavy atom. The lowest BCUT2D eigenvalue weighted by Gasteiger charge is -2.36. The third kappa shape index (κ3) is 5.05. The van der Waals surface area contributed by atoms with Crippen molar-refractivity contribution in [2.75, 3.05) is 41.3 Å². The molecule has 2 aliphatic rings. The number of aryl methyl sites for hydroxylation is 1. The highest BCUT2D eigenvalue weighted by Crippen LogP contribution is 2.33. The summed E-state index contributed by atoms with van der Waals surface area (Å²) in [6.45, 7) is 2.15. The van der Waals surface area contributed by atoms with Crippen molar-refractivity contribution < 1.29 is 18.0 Å². The molecule has 5 rings (SSSR count). The second kappa shape index (κ2) is 9.37.